The van der Waals surface area contributed by atoms with E-state index in [-0.39, 0.29) is 0 Å². The number of hydrogen-bond acceptors (Lipinski definition) is 2. The fraction of sp³-hybridized carbons (Fsp3) is 0.667. The number of benzene rings is 1. The van der Waals surface area contributed by atoms with Crippen LogP contribution in [0, 0.1) is 11.3 Å². The van der Waals surface area contributed by atoms with Crippen molar-refractivity contribution in [3.8, 4) is 5.75 Å². The van der Waals surface area contributed by atoms with Gasteiger partial charge in [-0.05, 0) is 54.5 Å². The molecule has 1 aliphatic heterocycles. The predicted octanol–water partition coefficient (Wildman–Crippen LogP) is 4.59. The van der Waals surface area contributed by atoms with Gasteiger partial charge in [-0.2, -0.15) is 0 Å². The lowest BCUT2D eigenvalue weighted by molar-refractivity contribution is 0.224. The van der Waals surface area contributed by atoms with E-state index < -0.39 is 0 Å². The highest BCUT2D eigenvalue weighted by Crippen LogP contribution is 2.35. The van der Waals surface area contributed by atoms with Crippen LogP contribution in [-0.2, 0) is 12.8 Å². The number of halogens is 1. The maximum absolute atomic E-state index is 5.85. The molecule has 1 aromatic rings. The molecule has 2 rings (SSSR count). The average Bonchev–Trinajstić information content (AvgIpc) is 2.84. The Labute approximate surface area is 137 Å². The summed E-state index contributed by atoms with van der Waals surface area (Å²) in [5, 5.41) is 3.49. The Bertz CT molecular complexity index is 493. The first-order valence-electron chi connectivity index (χ1n) is 7.92. The second-order valence-corrected chi connectivity index (χ2v) is 8.26. The Morgan fingerprint density at radius 1 is 1.33 bits per heavy atom. The molecular formula is C18H28BrNO. The molecule has 2 unspecified atom stereocenters. The first-order chi connectivity index (χ1) is 9.81. The van der Waals surface area contributed by atoms with Crippen molar-refractivity contribution < 1.29 is 4.74 Å². The Balaban J connectivity index is 2.12. The van der Waals surface area contributed by atoms with Gasteiger partial charge in [0.15, 0.2) is 0 Å². The average molecular weight is 354 g/mol. The van der Waals surface area contributed by atoms with Gasteiger partial charge in [0.2, 0.25) is 0 Å². The maximum atomic E-state index is 5.85. The van der Waals surface area contributed by atoms with E-state index in [2.05, 4.69) is 68.1 Å². The van der Waals surface area contributed by atoms with Crippen molar-refractivity contribution in [2.75, 3.05) is 13.7 Å². The van der Waals surface area contributed by atoms with Gasteiger partial charge in [-0.25, -0.2) is 0 Å². The minimum absolute atomic E-state index is 0.352. The highest BCUT2D eigenvalue weighted by atomic mass is 79.9. The summed E-state index contributed by atoms with van der Waals surface area (Å²) in [6, 6.07) is 4.90. The lowest BCUT2D eigenvalue weighted by atomic mass is 9.77. The summed E-state index contributed by atoms with van der Waals surface area (Å²) in [4.78, 5) is 0. The molecule has 1 aliphatic rings. The molecule has 21 heavy (non-hydrogen) atoms. The van der Waals surface area contributed by atoms with E-state index in [1.165, 1.54) is 22.0 Å². The molecule has 0 fully saturated rings. The Hall–Kier alpha value is -0.540. The number of nitrogens with one attached hydrogen (secondary N) is 1. The standard InChI is InChI=1S/C18H28BrNO/c1-12(18(2,3)4)8-16(20-5)11-14-10-15(19)9-13-6-7-21-17(13)14/h9-10,12,16,20H,6-8,11H2,1-5H3. The predicted molar refractivity (Wildman–Crippen MR) is 93.1 cm³/mol. The first-order valence-corrected chi connectivity index (χ1v) is 8.72. The number of hydrogen-bond donors (Lipinski definition) is 1. The van der Waals surface area contributed by atoms with Gasteiger partial charge in [-0.3, -0.25) is 0 Å². The summed E-state index contributed by atoms with van der Waals surface area (Å²) in [6.07, 6.45) is 3.24. The second-order valence-electron chi connectivity index (χ2n) is 7.34. The normalized spacial score (nSPS) is 17.2. The summed E-state index contributed by atoms with van der Waals surface area (Å²) in [5.41, 5.74) is 3.03. The van der Waals surface area contributed by atoms with E-state index in [0.29, 0.717) is 17.4 Å². The van der Waals surface area contributed by atoms with Crippen molar-refractivity contribution in [3.05, 3.63) is 27.7 Å². The van der Waals surface area contributed by atoms with E-state index in [1.807, 2.05) is 0 Å². The smallest absolute Gasteiger partial charge is 0.125 e. The van der Waals surface area contributed by atoms with Crippen LogP contribution in [-0.4, -0.2) is 19.7 Å². The van der Waals surface area contributed by atoms with Crippen molar-refractivity contribution in [3.63, 3.8) is 0 Å². The molecule has 0 radical (unpaired) electrons. The quantitative estimate of drug-likeness (QED) is 0.835. The van der Waals surface area contributed by atoms with Crippen LogP contribution in [0.1, 0.15) is 45.2 Å². The van der Waals surface area contributed by atoms with Gasteiger partial charge in [0.25, 0.3) is 0 Å². The van der Waals surface area contributed by atoms with Crippen LogP contribution in [0.5, 0.6) is 5.75 Å². The molecule has 0 saturated heterocycles. The molecule has 0 spiro atoms. The maximum Gasteiger partial charge on any atom is 0.125 e. The van der Waals surface area contributed by atoms with Crippen LogP contribution in [0.25, 0.3) is 0 Å². The monoisotopic (exact) mass is 353 g/mol. The van der Waals surface area contributed by atoms with Crippen molar-refractivity contribution in [1.82, 2.24) is 5.32 Å². The summed E-state index contributed by atoms with van der Waals surface area (Å²) in [7, 11) is 2.07. The van der Waals surface area contributed by atoms with Crippen LogP contribution in [0.15, 0.2) is 16.6 Å². The summed E-state index contributed by atoms with van der Waals surface area (Å²) in [5.74, 6) is 1.80. The topological polar surface area (TPSA) is 21.3 Å². The molecule has 3 heteroatoms. The number of rotatable bonds is 5. The summed E-state index contributed by atoms with van der Waals surface area (Å²) < 4.78 is 7.02. The fourth-order valence-electron chi connectivity index (χ4n) is 2.85. The number of likely N-dealkylation sites (N-methyl/N-ethyl adjacent to an activating group) is 1. The molecule has 0 saturated carbocycles. The van der Waals surface area contributed by atoms with Gasteiger partial charge < -0.3 is 10.1 Å². The highest BCUT2D eigenvalue weighted by Gasteiger charge is 2.25. The zero-order valence-electron chi connectivity index (χ0n) is 13.9. The number of fused-ring (bicyclic) bond motifs is 1. The fourth-order valence-corrected chi connectivity index (χ4v) is 3.40. The molecular weight excluding hydrogens is 326 g/mol. The third-order valence-electron chi connectivity index (χ3n) is 4.82. The molecule has 0 aliphatic carbocycles. The van der Waals surface area contributed by atoms with Gasteiger partial charge in [-0.15, -0.1) is 0 Å². The van der Waals surface area contributed by atoms with E-state index in [9.17, 15) is 0 Å². The Morgan fingerprint density at radius 3 is 2.67 bits per heavy atom. The van der Waals surface area contributed by atoms with Crippen LogP contribution >= 0.6 is 15.9 Å². The molecule has 0 amide bonds. The minimum atomic E-state index is 0.352. The van der Waals surface area contributed by atoms with Crippen LogP contribution in [0.2, 0.25) is 0 Å². The van der Waals surface area contributed by atoms with Crippen LogP contribution in [0.4, 0.5) is 0 Å². The van der Waals surface area contributed by atoms with Gasteiger partial charge in [0.1, 0.15) is 5.75 Å². The van der Waals surface area contributed by atoms with Crippen LogP contribution < -0.4 is 10.1 Å². The molecule has 2 atom stereocenters. The lowest BCUT2D eigenvalue weighted by Crippen LogP contribution is -2.33. The zero-order chi connectivity index (χ0) is 15.6. The van der Waals surface area contributed by atoms with E-state index in [1.54, 1.807) is 0 Å². The Morgan fingerprint density at radius 2 is 2.05 bits per heavy atom. The van der Waals surface area contributed by atoms with Crippen LogP contribution in [0.3, 0.4) is 0 Å². The second kappa shape index (κ2) is 6.70. The first kappa shape index (κ1) is 16.8. The van der Waals surface area contributed by atoms with Crippen molar-refractivity contribution in [1.29, 1.82) is 0 Å². The van der Waals surface area contributed by atoms with Gasteiger partial charge in [-0.1, -0.05) is 43.6 Å². The summed E-state index contributed by atoms with van der Waals surface area (Å²) in [6.45, 7) is 10.1. The van der Waals surface area contributed by atoms with Gasteiger partial charge in [0.05, 0.1) is 6.61 Å². The largest absolute Gasteiger partial charge is 0.493 e. The van der Waals surface area contributed by atoms with Crippen molar-refractivity contribution in [2.24, 2.45) is 11.3 Å². The molecule has 1 aromatic carbocycles. The minimum Gasteiger partial charge on any atom is -0.493 e. The van der Waals surface area contributed by atoms with Gasteiger partial charge >= 0.3 is 0 Å². The highest BCUT2D eigenvalue weighted by molar-refractivity contribution is 9.10. The SMILES string of the molecule is CNC(Cc1cc(Br)cc2c1OCC2)CC(C)C(C)(C)C. The molecule has 118 valence electrons. The summed E-state index contributed by atoms with van der Waals surface area (Å²) >= 11 is 3.63. The van der Waals surface area contributed by atoms with E-state index in [4.69, 9.17) is 4.74 Å². The Kier molecular flexibility index (Phi) is 5.37. The molecule has 0 bridgehead atoms. The van der Waals surface area contributed by atoms with E-state index >= 15 is 0 Å². The molecule has 1 N–H and O–H groups in total. The van der Waals surface area contributed by atoms with Crippen molar-refractivity contribution >= 4 is 15.9 Å². The third-order valence-corrected chi connectivity index (χ3v) is 5.27. The van der Waals surface area contributed by atoms with E-state index in [0.717, 1.165) is 25.2 Å². The molecule has 0 aromatic heterocycles. The van der Waals surface area contributed by atoms with Crippen molar-refractivity contribution in [2.45, 2.75) is 53.0 Å². The lowest BCUT2D eigenvalue weighted by Gasteiger charge is -2.31. The molecule has 2 nitrogen and oxygen atoms in total. The zero-order valence-corrected chi connectivity index (χ0v) is 15.5. The number of ether oxygens (including phenoxy) is 1. The van der Waals surface area contributed by atoms with Gasteiger partial charge in [0, 0.05) is 16.9 Å². The molecule has 1 heterocycles. The third kappa shape index (κ3) is 4.23.